The Hall–Kier alpha value is -0.180. The van der Waals surface area contributed by atoms with Crippen LogP contribution in [0.3, 0.4) is 0 Å². The average molecular weight is 173 g/mol. The van der Waals surface area contributed by atoms with Crippen LogP contribution in [0.2, 0.25) is 0 Å². The predicted octanol–water partition coefficient (Wildman–Crippen LogP) is 1.37. The van der Waals surface area contributed by atoms with Gasteiger partial charge in [0, 0.05) is 12.0 Å². The molecule has 11 heavy (non-hydrogen) atoms. The minimum absolute atomic E-state index is 0.111. The van der Waals surface area contributed by atoms with Crippen LogP contribution in [0.4, 0.5) is 0 Å². The van der Waals surface area contributed by atoms with Gasteiger partial charge in [0.15, 0.2) is 0 Å². The summed E-state index contributed by atoms with van der Waals surface area (Å²) in [6.07, 6.45) is 4.05. The molecule has 0 atom stereocenters. The second-order valence-electron chi connectivity index (χ2n) is 3.44. The number of rotatable bonds is 3. The van der Waals surface area contributed by atoms with Gasteiger partial charge in [-0.3, -0.25) is 4.79 Å². The molecular formula is C8H15NOS. The molecular weight excluding hydrogens is 158 g/mol. The smallest absolute Gasteiger partial charge is 0.221 e. The Morgan fingerprint density at radius 1 is 1.64 bits per heavy atom. The molecule has 0 aromatic heterocycles. The van der Waals surface area contributed by atoms with Crippen LogP contribution in [0.25, 0.3) is 0 Å². The van der Waals surface area contributed by atoms with Crippen LogP contribution in [0.5, 0.6) is 0 Å². The number of carbonyl (C=O) groups is 1. The van der Waals surface area contributed by atoms with E-state index in [0.717, 1.165) is 12.8 Å². The zero-order valence-electron chi connectivity index (χ0n) is 6.89. The largest absolute Gasteiger partial charge is 0.351 e. The van der Waals surface area contributed by atoms with E-state index in [1.54, 1.807) is 0 Å². The van der Waals surface area contributed by atoms with Crippen LogP contribution < -0.4 is 5.32 Å². The number of nitrogens with one attached hydrogen (secondary N) is 1. The third-order valence-corrected chi connectivity index (χ3v) is 2.46. The lowest BCUT2D eigenvalue weighted by atomic mass is 9.78. The second-order valence-corrected chi connectivity index (χ2v) is 3.88. The first-order valence-corrected chi connectivity index (χ1v) is 4.71. The van der Waals surface area contributed by atoms with Crippen LogP contribution in [-0.4, -0.2) is 17.2 Å². The SMILES string of the molecule is CC1(NC(=O)CCS)CCC1. The lowest BCUT2D eigenvalue weighted by Gasteiger charge is -2.39. The number of carbonyl (C=O) groups excluding carboxylic acids is 1. The van der Waals surface area contributed by atoms with E-state index in [9.17, 15) is 4.79 Å². The standard InChI is InChI=1S/C8H15NOS/c1-8(4-2-5-8)9-7(10)3-6-11/h11H,2-6H2,1H3,(H,9,10). The highest BCUT2D eigenvalue weighted by molar-refractivity contribution is 7.80. The van der Waals surface area contributed by atoms with Crippen LogP contribution in [0, 0.1) is 0 Å². The fraction of sp³-hybridized carbons (Fsp3) is 0.875. The summed E-state index contributed by atoms with van der Waals surface area (Å²) in [5, 5.41) is 3.01. The zero-order chi connectivity index (χ0) is 8.32. The Morgan fingerprint density at radius 2 is 2.27 bits per heavy atom. The van der Waals surface area contributed by atoms with Crippen molar-refractivity contribution in [2.75, 3.05) is 5.75 Å². The highest BCUT2D eigenvalue weighted by Gasteiger charge is 2.32. The molecule has 2 nitrogen and oxygen atoms in total. The van der Waals surface area contributed by atoms with Crippen molar-refractivity contribution in [1.29, 1.82) is 0 Å². The third kappa shape index (κ3) is 2.40. The maximum atomic E-state index is 11.1. The molecule has 1 rings (SSSR count). The topological polar surface area (TPSA) is 29.1 Å². The Morgan fingerprint density at radius 3 is 2.64 bits per heavy atom. The van der Waals surface area contributed by atoms with E-state index in [0.29, 0.717) is 12.2 Å². The Bertz CT molecular complexity index is 154. The van der Waals surface area contributed by atoms with E-state index < -0.39 is 0 Å². The first-order chi connectivity index (χ1) is 5.16. The van der Waals surface area contributed by atoms with Crippen molar-refractivity contribution in [3.8, 4) is 0 Å². The quantitative estimate of drug-likeness (QED) is 0.620. The molecule has 0 bridgehead atoms. The van der Waals surface area contributed by atoms with Crippen molar-refractivity contribution in [3.63, 3.8) is 0 Å². The fourth-order valence-corrected chi connectivity index (χ4v) is 1.54. The molecule has 0 radical (unpaired) electrons. The fourth-order valence-electron chi connectivity index (χ4n) is 1.33. The lowest BCUT2D eigenvalue weighted by Crippen LogP contribution is -2.50. The third-order valence-electron chi connectivity index (χ3n) is 2.24. The lowest BCUT2D eigenvalue weighted by molar-refractivity contribution is -0.123. The van der Waals surface area contributed by atoms with E-state index in [-0.39, 0.29) is 11.4 Å². The molecule has 64 valence electrons. The van der Waals surface area contributed by atoms with Crippen LogP contribution in [-0.2, 0) is 4.79 Å². The van der Waals surface area contributed by atoms with Gasteiger partial charge in [0.05, 0.1) is 0 Å². The molecule has 0 aliphatic heterocycles. The van der Waals surface area contributed by atoms with Crippen LogP contribution in [0.1, 0.15) is 32.6 Å². The van der Waals surface area contributed by atoms with Gasteiger partial charge in [-0.2, -0.15) is 12.6 Å². The van der Waals surface area contributed by atoms with Gasteiger partial charge in [-0.1, -0.05) is 0 Å². The van der Waals surface area contributed by atoms with Crippen molar-refractivity contribution in [3.05, 3.63) is 0 Å². The van der Waals surface area contributed by atoms with Gasteiger partial charge in [-0.05, 0) is 31.9 Å². The number of amides is 1. The van der Waals surface area contributed by atoms with Gasteiger partial charge in [0.1, 0.15) is 0 Å². The van der Waals surface area contributed by atoms with E-state index >= 15 is 0 Å². The minimum Gasteiger partial charge on any atom is -0.351 e. The Balaban J connectivity index is 2.23. The second kappa shape index (κ2) is 3.48. The first kappa shape index (κ1) is 8.91. The van der Waals surface area contributed by atoms with Crippen LogP contribution >= 0.6 is 12.6 Å². The van der Waals surface area contributed by atoms with Crippen molar-refractivity contribution in [2.45, 2.75) is 38.1 Å². The van der Waals surface area contributed by atoms with Crippen molar-refractivity contribution in [2.24, 2.45) is 0 Å². The monoisotopic (exact) mass is 173 g/mol. The van der Waals surface area contributed by atoms with E-state index in [1.807, 2.05) is 0 Å². The molecule has 1 N–H and O–H groups in total. The van der Waals surface area contributed by atoms with E-state index in [1.165, 1.54) is 6.42 Å². The highest BCUT2D eigenvalue weighted by atomic mass is 32.1. The predicted molar refractivity (Wildman–Crippen MR) is 48.9 cm³/mol. The molecule has 0 saturated heterocycles. The van der Waals surface area contributed by atoms with Gasteiger partial charge < -0.3 is 5.32 Å². The highest BCUT2D eigenvalue weighted by Crippen LogP contribution is 2.30. The molecule has 1 aliphatic rings. The first-order valence-electron chi connectivity index (χ1n) is 4.08. The number of thiol groups is 1. The van der Waals surface area contributed by atoms with Gasteiger partial charge in [-0.25, -0.2) is 0 Å². The maximum absolute atomic E-state index is 11.1. The molecule has 0 unspecified atom stereocenters. The van der Waals surface area contributed by atoms with Gasteiger partial charge >= 0.3 is 0 Å². The molecule has 1 saturated carbocycles. The minimum atomic E-state index is 0.111. The average Bonchev–Trinajstić information content (AvgIpc) is 1.85. The van der Waals surface area contributed by atoms with Crippen LogP contribution in [0.15, 0.2) is 0 Å². The normalized spacial score (nSPS) is 20.5. The summed E-state index contributed by atoms with van der Waals surface area (Å²) in [5.41, 5.74) is 0.111. The van der Waals surface area contributed by atoms with Crippen molar-refractivity contribution >= 4 is 18.5 Å². The summed E-state index contributed by atoms with van der Waals surface area (Å²) >= 11 is 4.00. The maximum Gasteiger partial charge on any atom is 0.221 e. The van der Waals surface area contributed by atoms with Gasteiger partial charge in [-0.15, -0.1) is 0 Å². The summed E-state index contributed by atoms with van der Waals surface area (Å²) in [6.45, 7) is 2.10. The van der Waals surface area contributed by atoms with E-state index in [2.05, 4.69) is 24.9 Å². The number of hydrogen-bond acceptors (Lipinski definition) is 2. The summed E-state index contributed by atoms with van der Waals surface area (Å²) in [6, 6.07) is 0. The Labute approximate surface area is 73.2 Å². The summed E-state index contributed by atoms with van der Waals surface area (Å²) in [5.74, 6) is 0.782. The summed E-state index contributed by atoms with van der Waals surface area (Å²) < 4.78 is 0. The molecule has 0 spiro atoms. The van der Waals surface area contributed by atoms with Crippen molar-refractivity contribution < 1.29 is 4.79 Å². The van der Waals surface area contributed by atoms with Crippen molar-refractivity contribution in [1.82, 2.24) is 5.32 Å². The molecule has 0 heterocycles. The zero-order valence-corrected chi connectivity index (χ0v) is 7.79. The molecule has 0 aromatic carbocycles. The Kier molecular flexibility index (Phi) is 2.82. The van der Waals surface area contributed by atoms with Gasteiger partial charge in [0.25, 0.3) is 0 Å². The van der Waals surface area contributed by atoms with Gasteiger partial charge in [0.2, 0.25) is 5.91 Å². The molecule has 1 amide bonds. The molecule has 1 aliphatic carbocycles. The molecule has 1 fully saturated rings. The number of hydrogen-bond donors (Lipinski definition) is 2. The summed E-state index contributed by atoms with van der Waals surface area (Å²) in [4.78, 5) is 11.1. The summed E-state index contributed by atoms with van der Waals surface area (Å²) in [7, 11) is 0. The van der Waals surface area contributed by atoms with E-state index in [4.69, 9.17) is 0 Å². The molecule has 3 heteroatoms. The molecule has 0 aromatic rings.